The van der Waals surface area contributed by atoms with Gasteiger partial charge in [0, 0.05) is 103 Å². The zero-order valence-corrected chi connectivity index (χ0v) is 56.0. The zero-order chi connectivity index (χ0) is 68.3. The average molecular weight is 1330 g/mol. The molecule has 0 aliphatic heterocycles. The van der Waals surface area contributed by atoms with Crippen LogP contribution in [0.1, 0.15) is 0 Å². The van der Waals surface area contributed by atoms with Crippen molar-refractivity contribution in [3.8, 4) is 89.3 Å². The van der Waals surface area contributed by atoms with E-state index in [-0.39, 0.29) is 0 Å². The summed E-state index contributed by atoms with van der Waals surface area (Å²) in [6, 6.07) is 124. The Kier molecular flexibility index (Phi) is 13.5. The molecule has 6 heteroatoms. The summed E-state index contributed by atoms with van der Waals surface area (Å²) in [5.74, 6) is 0. The van der Waals surface area contributed by atoms with Crippen LogP contribution in [-0.2, 0) is 0 Å². The fourth-order valence-electron chi connectivity index (χ4n) is 16.1. The molecule has 0 saturated heterocycles. The van der Waals surface area contributed by atoms with E-state index in [0.29, 0.717) is 0 Å². The third-order valence-corrected chi connectivity index (χ3v) is 21.0. The van der Waals surface area contributed by atoms with Crippen molar-refractivity contribution in [3.63, 3.8) is 0 Å². The lowest BCUT2D eigenvalue weighted by Gasteiger charge is -2.16. The maximum Gasteiger partial charge on any atom is 0.143 e. The van der Waals surface area contributed by atoms with E-state index in [9.17, 15) is 0 Å². The molecule has 0 saturated carbocycles. The molecule has 0 aliphatic rings. The van der Waals surface area contributed by atoms with Crippen molar-refractivity contribution in [2.24, 2.45) is 0 Å². The number of hydrogen-bond acceptors (Lipinski definition) is 6. The molecule has 22 rings (SSSR count). The largest absolute Gasteiger partial charge is 0.456 e. The van der Waals surface area contributed by atoms with Gasteiger partial charge in [-0.15, -0.1) is 0 Å². The number of rotatable bonds is 8. The van der Waals surface area contributed by atoms with Crippen LogP contribution in [0.2, 0.25) is 0 Å². The number of hydrogen-bond donors (Lipinski definition) is 0. The zero-order valence-electron chi connectivity index (χ0n) is 56.0. The van der Waals surface area contributed by atoms with Crippen LogP contribution in [0.3, 0.4) is 0 Å². The Hall–Kier alpha value is -13.9. The quantitative estimate of drug-likeness (QED) is 0.141. The van der Waals surface area contributed by atoms with Crippen molar-refractivity contribution in [1.82, 2.24) is 9.97 Å². The highest BCUT2D eigenvalue weighted by molar-refractivity contribution is 6.29. The first kappa shape index (κ1) is 59.0. The van der Waals surface area contributed by atoms with Crippen LogP contribution in [0.15, 0.2) is 370 Å². The lowest BCUT2D eigenvalue weighted by molar-refractivity contribution is 0.669. The molecule has 0 aliphatic carbocycles. The second kappa shape index (κ2) is 23.9. The molecule has 0 amide bonds. The summed E-state index contributed by atoms with van der Waals surface area (Å²) in [4.78, 5) is 10.6. The highest BCUT2D eigenvalue weighted by atomic mass is 16.3. The van der Waals surface area contributed by atoms with Gasteiger partial charge in [-0.2, -0.15) is 0 Å². The number of pyridine rings is 2. The van der Waals surface area contributed by atoms with Gasteiger partial charge in [-0.3, -0.25) is 0 Å². The molecule has 484 valence electrons. The number of benzene rings is 16. The van der Waals surface area contributed by atoms with Gasteiger partial charge in [0.2, 0.25) is 0 Å². The summed E-state index contributed by atoms with van der Waals surface area (Å²) in [5.41, 5.74) is 26.9. The third-order valence-electron chi connectivity index (χ3n) is 21.0. The molecule has 6 nitrogen and oxygen atoms in total. The summed E-state index contributed by atoms with van der Waals surface area (Å²) in [6.07, 6.45) is 0. The van der Waals surface area contributed by atoms with Gasteiger partial charge in [0.25, 0.3) is 0 Å². The Labute approximate surface area is 596 Å². The second-order valence-corrected chi connectivity index (χ2v) is 26.9. The molecule has 22 aromatic rings. The Morgan fingerprint density at radius 3 is 0.990 bits per heavy atom. The normalized spacial score (nSPS) is 11.8. The Morgan fingerprint density at radius 2 is 0.510 bits per heavy atom. The van der Waals surface area contributed by atoms with Gasteiger partial charge in [0.05, 0.1) is 22.4 Å². The van der Waals surface area contributed by atoms with Crippen LogP contribution in [0.25, 0.3) is 220 Å². The fraction of sp³-hybridized carbons (Fsp3) is 0. The van der Waals surface area contributed by atoms with E-state index in [2.05, 4.69) is 315 Å². The minimum Gasteiger partial charge on any atom is -0.456 e. The summed E-state index contributed by atoms with van der Waals surface area (Å²) >= 11 is 0. The van der Waals surface area contributed by atoms with Crippen LogP contribution in [0.4, 0.5) is 0 Å². The molecular weight excluding hydrogens is 1270 g/mol. The standard InChI is InChI=1S/2C49H29NO2/c1-2-11-33(12-3-1)45-46-38-14-4-7-18-41(38)50-48(40(46)29-44-47(45)39-15-6-9-20-43(39)51-44)34-27-23-31(24-28-34)30-21-25-32(26-22-30)35-16-10-17-37-36-13-5-8-19-42(36)52-49(35)37;1-2-10-33(11-3-1)46-47-38-13-4-7-15-41(38)50-49(40(47)29-45-48(46)39-14-6-9-17-43(39)52-45)34-24-22-31(23-25-34)30-18-20-32(21-19-30)35-26-27-37-36-12-5-8-16-42(36)51-44(37)28-35/h2*1-29H. The maximum atomic E-state index is 6.55. The van der Waals surface area contributed by atoms with E-state index >= 15 is 0 Å². The predicted octanol–water partition coefficient (Wildman–Crippen LogP) is 27.7. The van der Waals surface area contributed by atoms with E-state index < -0.39 is 0 Å². The SMILES string of the molecule is c1ccc(-c2c3c(cc4c(-c5ccc(-c6ccc(-c7ccc8c(c7)oc7ccccc78)cc6)cc5)nc5ccccc5c24)oc2ccccc23)cc1.c1ccc(-c2c3c(cc4c(-c5ccc(-c6ccc(-c7cccc8c7oc7ccccc78)cc6)cc5)nc5ccccc5c24)oc2ccccc23)cc1. The summed E-state index contributed by atoms with van der Waals surface area (Å²) in [6.45, 7) is 0. The predicted molar refractivity (Wildman–Crippen MR) is 431 cm³/mol. The van der Waals surface area contributed by atoms with E-state index in [1.807, 2.05) is 36.4 Å². The highest BCUT2D eigenvalue weighted by Crippen LogP contribution is 2.49. The van der Waals surface area contributed by atoms with Crippen molar-refractivity contribution in [3.05, 3.63) is 352 Å². The Balaban J connectivity index is 0.000000134. The van der Waals surface area contributed by atoms with Gasteiger partial charge in [-0.1, -0.05) is 291 Å². The first-order chi connectivity index (χ1) is 51.5. The molecular formula is C98H58N2O4. The van der Waals surface area contributed by atoms with Gasteiger partial charge in [-0.05, 0) is 111 Å². The first-order valence-electron chi connectivity index (χ1n) is 35.2. The van der Waals surface area contributed by atoms with Crippen LogP contribution < -0.4 is 0 Å². The van der Waals surface area contributed by atoms with Gasteiger partial charge in [0.1, 0.15) is 44.7 Å². The molecule has 0 spiro atoms. The Morgan fingerprint density at radius 1 is 0.173 bits per heavy atom. The molecule has 6 heterocycles. The van der Waals surface area contributed by atoms with E-state index in [1.165, 1.54) is 21.9 Å². The number of furan rings is 4. The monoisotopic (exact) mass is 1330 g/mol. The first-order valence-corrected chi connectivity index (χ1v) is 35.2. The molecule has 104 heavy (non-hydrogen) atoms. The van der Waals surface area contributed by atoms with Gasteiger partial charge >= 0.3 is 0 Å². The van der Waals surface area contributed by atoms with Gasteiger partial charge < -0.3 is 17.7 Å². The molecule has 0 radical (unpaired) electrons. The Bertz CT molecular complexity index is 7170. The van der Waals surface area contributed by atoms with Crippen molar-refractivity contribution in [2.75, 3.05) is 0 Å². The highest BCUT2D eigenvalue weighted by Gasteiger charge is 2.25. The maximum absolute atomic E-state index is 6.55. The topological polar surface area (TPSA) is 78.3 Å². The number of para-hydroxylation sites is 7. The van der Waals surface area contributed by atoms with Crippen LogP contribution in [0.5, 0.6) is 0 Å². The molecule has 0 fully saturated rings. The molecule has 16 aromatic carbocycles. The summed E-state index contributed by atoms with van der Waals surface area (Å²) in [5, 5.41) is 15.8. The van der Waals surface area contributed by atoms with Crippen molar-refractivity contribution < 1.29 is 17.7 Å². The van der Waals surface area contributed by atoms with Crippen molar-refractivity contribution in [2.45, 2.75) is 0 Å². The minimum absolute atomic E-state index is 0.862. The molecule has 0 N–H and O–H groups in total. The van der Waals surface area contributed by atoms with E-state index in [0.717, 1.165) is 198 Å². The molecule has 6 aromatic heterocycles. The smallest absolute Gasteiger partial charge is 0.143 e. The van der Waals surface area contributed by atoms with Crippen LogP contribution in [0, 0.1) is 0 Å². The fourth-order valence-corrected chi connectivity index (χ4v) is 16.1. The number of fused-ring (bicyclic) bond motifs is 18. The van der Waals surface area contributed by atoms with Gasteiger partial charge in [0.15, 0.2) is 0 Å². The molecule has 0 bridgehead atoms. The average Bonchev–Trinajstić information content (AvgIpc) is 1.36. The third kappa shape index (κ3) is 9.65. The lowest BCUT2D eigenvalue weighted by atomic mass is 9.89. The van der Waals surface area contributed by atoms with Gasteiger partial charge in [-0.25, -0.2) is 9.97 Å². The van der Waals surface area contributed by atoms with Crippen molar-refractivity contribution in [1.29, 1.82) is 0 Å². The molecule has 0 unspecified atom stereocenters. The van der Waals surface area contributed by atoms with Crippen LogP contribution >= 0.6 is 0 Å². The van der Waals surface area contributed by atoms with E-state index in [4.69, 9.17) is 27.6 Å². The summed E-state index contributed by atoms with van der Waals surface area (Å²) in [7, 11) is 0. The van der Waals surface area contributed by atoms with Crippen molar-refractivity contribution >= 4 is 131 Å². The number of aromatic nitrogens is 2. The van der Waals surface area contributed by atoms with Crippen LogP contribution in [-0.4, -0.2) is 9.97 Å². The number of nitrogens with zero attached hydrogens (tertiary/aromatic N) is 2. The van der Waals surface area contributed by atoms with E-state index in [1.54, 1.807) is 0 Å². The summed E-state index contributed by atoms with van der Waals surface area (Å²) < 4.78 is 25.6. The molecule has 0 atom stereocenters. The second-order valence-electron chi connectivity index (χ2n) is 26.9. The minimum atomic E-state index is 0.862. The lowest BCUT2D eigenvalue weighted by Crippen LogP contribution is -1.93.